The van der Waals surface area contributed by atoms with Gasteiger partial charge in [0.05, 0.1) is 6.61 Å². The van der Waals surface area contributed by atoms with Crippen molar-refractivity contribution < 1.29 is 56.8 Å². The molecule has 0 amide bonds. The lowest BCUT2D eigenvalue weighted by molar-refractivity contribution is -0.297. The number of esters is 2. The first-order valence-electron chi connectivity index (χ1n) is 27.0. The van der Waals surface area contributed by atoms with Crippen molar-refractivity contribution in [2.24, 2.45) is 0 Å². The first-order chi connectivity index (χ1) is 33.5. The molecule has 69 heavy (non-hydrogen) atoms. The Morgan fingerprint density at radius 3 is 1.33 bits per heavy atom. The van der Waals surface area contributed by atoms with Crippen LogP contribution in [0, 0.1) is 0 Å². The molecule has 13 heteroatoms. The van der Waals surface area contributed by atoms with Crippen LogP contribution in [0.3, 0.4) is 0 Å². The zero-order valence-corrected chi connectivity index (χ0v) is 43.7. The predicted molar refractivity (Wildman–Crippen MR) is 279 cm³/mol. The Kier molecular flexibility index (Phi) is 41.8. The van der Waals surface area contributed by atoms with Crippen LogP contribution in [0.1, 0.15) is 213 Å². The average molecular weight is 993 g/mol. The van der Waals surface area contributed by atoms with Crippen molar-refractivity contribution in [1.29, 1.82) is 0 Å². The van der Waals surface area contributed by atoms with Crippen LogP contribution in [0.2, 0.25) is 0 Å². The molecule has 0 aromatic rings. The van der Waals surface area contributed by atoms with Gasteiger partial charge in [-0.1, -0.05) is 222 Å². The van der Waals surface area contributed by atoms with Crippen LogP contribution >= 0.6 is 0 Å². The lowest BCUT2D eigenvalue weighted by Gasteiger charge is -2.40. The largest absolute Gasteiger partial charge is 0.462 e. The van der Waals surface area contributed by atoms with Gasteiger partial charge in [0.25, 0.3) is 10.1 Å². The van der Waals surface area contributed by atoms with E-state index in [0.29, 0.717) is 12.8 Å². The molecule has 0 radical (unpaired) electrons. The minimum Gasteiger partial charge on any atom is -0.462 e. The molecule has 4 N–H and O–H groups in total. The molecular weight excluding hydrogens is 897 g/mol. The summed E-state index contributed by atoms with van der Waals surface area (Å²) >= 11 is 0. The molecule has 0 bridgehead atoms. The van der Waals surface area contributed by atoms with Crippen molar-refractivity contribution in [2.45, 2.75) is 250 Å². The number of unbranched alkanes of at least 4 members (excludes halogenated alkanes) is 21. The van der Waals surface area contributed by atoms with E-state index in [9.17, 15) is 37.9 Å². The van der Waals surface area contributed by atoms with Crippen LogP contribution in [-0.4, -0.2) is 96.0 Å². The second kappa shape index (κ2) is 45.0. The number of rotatable bonds is 45. The van der Waals surface area contributed by atoms with Crippen LogP contribution < -0.4 is 0 Å². The van der Waals surface area contributed by atoms with Crippen molar-refractivity contribution in [3.63, 3.8) is 0 Å². The zero-order valence-electron chi connectivity index (χ0n) is 42.9. The van der Waals surface area contributed by atoms with Crippen molar-refractivity contribution >= 4 is 22.1 Å². The monoisotopic (exact) mass is 993 g/mol. The standard InChI is InChI=1S/C56H96O12S/c1-3-5-7-9-11-13-15-17-19-21-23-24-25-27-29-31-33-35-37-39-41-43-45-52(58)67-49(47-66-56-55(61)54(60)53(59)50(68-56)48-69(62,63)64)46-65-51(57)44-42-40-38-36-34-32-30-28-26-22-20-18-16-14-12-10-8-6-4-2/h6,8,12,14,18,20,26,28,32,34,38,40,49-50,53-56,59-61H,3-5,7,9-11,13,15-17,19,21-25,27,29-31,33,35-37,39,41-48H2,1-2H3,(H,62,63,64)/b8-6+,14-12+,20-18+,28-26+,34-32+,40-38+/t49-,50-,53-,54?,55?,56+/m1/s1. The van der Waals surface area contributed by atoms with Crippen LogP contribution in [0.5, 0.6) is 0 Å². The van der Waals surface area contributed by atoms with E-state index >= 15 is 0 Å². The molecule has 1 heterocycles. The van der Waals surface area contributed by atoms with Gasteiger partial charge < -0.3 is 34.3 Å². The van der Waals surface area contributed by atoms with Gasteiger partial charge >= 0.3 is 11.9 Å². The molecule has 6 atom stereocenters. The third-order valence-electron chi connectivity index (χ3n) is 12.1. The molecule has 1 rings (SSSR count). The first kappa shape index (κ1) is 64.1. The van der Waals surface area contributed by atoms with Crippen LogP contribution in [0.25, 0.3) is 0 Å². The highest BCUT2D eigenvalue weighted by molar-refractivity contribution is 7.85. The lowest BCUT2D eigenvalue weighted by atomic mass is 10.00. The van der Waals surface area contributed by atoms with Crippen molar-refractivity contribution in [1.82, 2.24) is 0 Å². The fourth-order valence-corrected chi connectivity index (χ4v) is 8.63. The second-order valence-electron chi connectivity index (χ2n) is 18.5. The molecule has 0 aromatic heterocycles. The third kappa shape index (κ3) is 39.4. The number of carbonyl (C=O) groups excluding carboxylic acids is 2. The summed E-state index contributed by atoms with van der Waals surface area (Å²) in [4.78, 5) is 25.5. The van der Waals surface area contributed by atoms with Crippen LogP contribution in [0.15, 0.2) is 72.9 Å². The summed E-state index contributed by atoms with van der Waals surface area (Å²) in [5.74, 6) is -2.09. The molecule has 2 unspecified atom stereocenters. The van der Waals surface area contributed by atoms with Gasteiger partial charge in [0.15, 0.2) is 12.4 Å². The third-order valence-corrected chi connectivity index (χ3v) is 12.8. The van der Waals surface area contributed by atoms with Crippen molar-refractivity contribution in [3.8, 4) is 0 Å². The Hall–Kier alpha value is -2.91. The molecule has 0 saturated carbocycles. The van der Waals surface area contributed by atoms with Gasteiger partial charge in [0.1, 0.15) is 36.8 Å². The van der Waals surface area contributed by atoms with Gasteiger partial charge in [0.2, 0.25) is 0 Å². The number of hydrogen-bond acceptors (Lipinski definition) is 11. The van der Waals surface area contributed by atoms with E-state index in [4.69, 9.17) is 18.9 Å². The predicted octanol–water partition coefficient (Wildman–Crippen LogP) is 12.6. The highest BCUT2D eigenvalue weighted by Gasteiger charge is 2.46. The molecular formula is C56H96O12S. The SMILES string of the molecule is CC/C=C/C/C=C/C/C=C/C/C=C/C/C=C/C/C=C/CCC(=O)OC[C@H](CO[C@H]1O[C@H](CS(=O)(=O)O)[C@@H](O)C(O)C1O)OC(=O)CCCCCCCCCCCCCCCCCCCCCCCC. The molecule has 12 nitrogen and oxygen atoms in total. The van der Waals surface area contributed by atoms with E-state index in [0.717, 1.165) is 57.8 Å². The van der Waals surface area contributed by atoms with E-state index in [1.54, 1.807) is 0 Å². The Morgan fingerprint density at radius 1 is 0.507 bits per heavy atom. The summed E-state index contributed by atoms with van der Waals surface area (Å²) < 4.78 is 54.2. The summed E-state index contributed by atoms with van der Waals surface area (Å²) in [6.07, 6.45) is 49.6. The Bertz CT molecular complexity index is 1540. The number of ether oxygens (including phenoxy) is 4. The summed E-state index contributed by atoms with van der Waals surface area (Å²) in [6.45, 7) is 3.61. The second-order valence-corrected chi connectivity index (χ2v) is 20.0. The summed E-state index contributed by atoms with van der Waals surface area (Å²) in [5.41, 5.74) is 0. The summed E-state index contributed by atoms with van der Waals surface area (Å²) in [7, 11) is -4.62. The van der Waals surface area contributed by atoms with Gasteiger partial charge in [-0.15, -0.1) is 0 Å². The average Bonchev–Trinajstić information content (AvgIpc) is 3.32. The molecule has 0 aromatic carbocycles. The van der Waals surface area contributed by atoms with Crippen LogP contribution in [-0.2, 0) is 38.7 Å². The minimum atomic E-state index is -4.62. The quantitative estimate of drug-likeness (QED) is 0.0196. The van der Waals surface area contributed by atoms with Gasteiger partial charge in [-0.05, 0) is 51.4 Å². The molecule has 1 aliphatic rings. The number of hydrogen-bond donors (Lipinski definition) is 4. The smallest absolute Gasteiger partial charge is 0.306 e. The molecule has 0 aliphatic carbocycles. The fourth-order valence-electron chi connectivity index (χ4n) is 7.94. The maximum Gasteiger partial charge on any atom is 0.306 e. The van der Waals surface area contributed by atoms with Crippen molar-refractivity contribution in [3.05, 3.63) is 72.9 Å². The minimum absolute atomic E-state index is 0.0923. The maximum absolute atomic E-state index is 12.9. The molecule has 398 valence electrons. The van der Waals surface area contributed by atoms with Crippen molar-refractivity contribution in [2.75, 3.05) is 19.0 Å². The highest BCUT2D eigenvalue weighted by atomic mass is 32.2. The van der Waals surface area contributed by atoms with Gasteiger partial charge in [-0.3, -0.25) is 14.1 Å². The Labute approximate surface area is 418 Å². The highest BCUT2D eigenvalue weighted by Crippen LogP contribution is 2.24. The topological polar surface area (TPSA) is 186 Å². The molecule has 1 aliphatic heterocycles. The molecule has 0 spiro atoms. The number of carbonyl (C=O) groups is 2. The Morgan fingerprint density at radius 2 is 0.913 bits per heavy atom. The van der Waals surface area contributed by atoms with Gasteiger partial charge in [-0.2, -0.15) is 8.42 Å². The summed E-state index contributed by atoms with van der Waals surface area (Å²) in [5, 5.41) is 31.0. The molecule has 1 fully saturated rings. The lowest BCUT2D eigenvalue weighted by Crippen LogP contribution is -2.60. The zero-order chi connectivity index (χ0) is 50.5. The normalized spacial score (nSPS) is 19.7. The van der Waals surface area contributed by atoms with Gasteiger partial charge in [-0.25, -0.2) is 0 Å². The number of aliphatic hydroxyl groups is 3. The number of aliphatic hydroxyl groups excluding tert-OH is 3. The van der Waals surface area contributed by atoms with Gasteiger partial charge in [0, 0.05) is 12.8 Å². The molecule has 1 saturated heterocycles. The summed E-state index contributed by atoms with van der Waals surface area (Å²) in [6, 6.07) is 0. The Balaban J connectivity index is 2.39. The van der Waals surface area contributed by atoms with Crippen LogP contribution in [0.4, 0.5) is 0 Å². The van der Waals surface area contributed by atoms with E-state index in [2.05, 4.69) is 74.6 Å². The maximum atomic E-state index is 12.9. The van der Waals surface area contributed by atoms with E-state index in [1.807, 2.05) is 12.2 Å². The van der Waals surface area contributed by atoms with E-state index < -0.39 is 71.2 Å². The van der Waals surface area contributed by atoms with E-state index in [1.165, 1.54) is 116 Å². The number of allylic oxidation sites excluding steroid dienone is 12. The fraction of sp³-hybridized carbons (Fsp3) is 0.750. The first-order valence-corrected chi connectivity index (χ1v) is 28.6. The van der Waals surface area contributed by atoms with E-state index in [-0.39, 0.29) is 19.4 Å².